The van der Waals surface area contributed by atoms with E-state index in [0.29, 0.717) is 28.5 Å². The van der Waals surface area contributed by atoms with Crippen molar-refractivity contribution in [1.82, 2.24) is 30.3 Å². The third kappa shape index (κ3) is 2.89. The lowest BCUT2D eigenvalue weighted by atomic mass is 10.4. The van der Waals surface area contributed by atoms with Gasteiger partial charge in [-0.2, -0.15) is 4.98 Å². The summed E-state index contributed by atoms with van der Waals surface area (Å²) in [6.07, 6.45) is 2.21. The second kappa shape index (κ2) is 4.96. The summed E-state index contributed by atoms with van der Waals surface area (Å²) in [6, 6.07) is 0. The minimum atomic E-state index is -0.996. The molecule has 1 saturated carbocycles. The molecule has 2 heterocycles. The van der Waals surface area contributed by atoms with Crippen molar-refractivity contribution in [1.29, 1.82) is 0 Å². The van der Waals surface area contributed by atoms with E-state index in [9.17, 15) is 4.79 Å². The molecule has 0 saturated heterocycles. The molecule has 3 rings (SSSR count). The molecular formula is C9H10N6O3S. The quantitative estimate of drug-likeness (QED) is 0.746. The van der Waals surface area contributed by atoms with Crippen LogP contribution in [0.2, 0.25) is 0 Å². The van der Waals surface area contributed by atoms with Gasteiger partial charge in [-0.15, -0.1) is 5.10 Å². The molecule has 1 aliphatic rings. The molecule has 0 bridgehead atoms. The van der Waals surface area contributed by atoms with Gasteiger partial charge in [0, 0.05) is 5.92 Å². The molecular weight excluding hydrogens is 272 g/mol. The van der Waals surface area contributed by atoms with Gasteiger partial charge in [0.25, 0.3) is 0 Å². The fraction of sp³-hybridized carbons (Fsp3) is 0.556. The van der Waals surface area contributed by atoms with Crippen LogP contribution in [0, 0.1) is 0 Å². The number of aromatic nitrogens is 6. The second-order valence-corrected chi connectivity index (χ2v) is 5.07. The van der Waals surface area contributed by atoms with E-state index in [2.05, 4.69) is 25.7 Å². The Kier molecular flexibility index (Phi) is 3.15. The smallest absolute Gasteiger partial charge is 0.325 e. The highest BCUT2D eigenvalue weighted by atomic mass is 32.2. The fourth-order valence-electron chi connectivity index (χ4n) is 1.48. The lowest BCUT2D eigenvalue weighted by molar-refractivity contribution is -0.138. The molecule has 1 N–H and O–H groups in total. The first-order valence-corrected chi connectivity index (χ1v) is 6.64. The van der Waals surface area contributed by atoms with Gasteiger partial charge < -0.3 is 9.63 Å². The number of carboxylic acids is 1. The average Bonchev–Trinajstić information content (AvgIpc) is 2.96. The van der Waals surface area contributed by atoms with Gasteiger partial charge in [0.15, 0.2) is 5.82 Å². The average molecular weight is 282 g/mol. The molecule has 0 atom stereocenters. The Morgan fingerprint density at radius 2 is 2.37 bits per heavy atom. The van der Waals surface area contributed by atoms with E-state index in [1.807, 2.05) is 0 Å². The Morgan fingerprint density at radius 3 is 3.11 bits per heavy atom. The van der Waals surface area contributed by atoms with Gasteiger partial charge in [0.2, 0.25) is 11.0 Å². The van der Waals surface area contributed by atoms with Gasteiger partial charge in [-0.05, 0) is 23.3 Å². The predicted molar refractivity (Wildman–Crippen MR) is 61.3 cm³/mol. The summed E-state index contributed by atoms with van der Waals surface area (Å²) in [5.41, 5.74) is 0. The van der Waals surface area contributed by atoms with Gasteiger partial charge in [-0.1, -0.05) is 16.9 Å². The zero-order valence-electron chi connectivity index (χ0n) is 9.76. The molecule has 2 aromatic rings. The van der Waals surface area contributed by atoms with Crippen molar-refractivity contribution in [3.05, 3.63) is 11.7 Å². The molecule has 1 fully saturated rings. The summed E-state index contributed by atoms with van der Waals surface area (Å²) >= 11 is 1.27. The highest BCUT2D eigenvalue weighted by Crippen LogP contribution is 2.39. The van der Waals surface area contributed by atoms with Crippen molar-refractivity contribution in [2.24, 2.45) is 0 Å². The van der Waals surface area contributed by atoms with Gasteiger partial charge >= 0.3 is 5.97 Å². The van der Waals surface area contributed by atoms with Crippen molar-refractivity contribution < 1.29 is 14.4 Å². The molecule has 0 amide bonds. The number of carboxylic acid groups (broad SMARTS) is 1. The summed E-state index contributed by atoms with van der Waals surface area (Å²) in [6.45, 7) is -0.269. The Morgan fingerprint density at radius 1 is 1.53 bits per heavy atom. The van der Waals surface area contributed by atoms with Crippen LogP contribution in [0.3, 0.4) is 0 Å². The van der Waals surface area contributed by atoms with Crippen LogP contribution in [0.1, 0.15) is 30.5 Å². The monoisotopic (exact) mass is 282 g/mol. The first kappa shape index (κ1) is 12.1. The first-order chi connectivity index (χ1) is 9.22. The number of nitrogens with zero attached hydrogens (tertiary/aromatic N) is 6. The van der Waals surface area contributed by atoms with Gasteiger partial charge in [0.05, 0.1) is 5.75 Å². The third-order valence-electron chi connectivity index (χ3n) is 2.52. The van der Waals surface area contributed by atoms with Gasteiger partial charge in [-0.3, -0.25) is 4.79 Å². The van der Waals surface area contributed by atoms with E-state index < -0.39 is 5.97 Å². The fourth-order valence-corrected chi connectivity index (χ4v) is 2.20. The number of aliphatic carboxylic acids is 1. The highest BCUT2D eigenvalue weighted by Gasteiger charge is 2.29. The van der Waals surface area contributed by atoms with E-state index in [1.165, 1.54) is 16.4 Å². The molecule has 9 nitrogen and oxygen atoms in total. The Hall–Kier alpha value is -1.97. The number of rotatable bonds is 6. The topological polar surface area (TPSA) is 120 Å². The van der Waals surface area contributed by atoms with Crippen molar-refractivity contribution in [2.45, 2.75) is 36.2 Å². The maximum absolute atomic E-state index is 10.6. The molecule has 0 unspecified atom stereocenters. The van der Waals surface area contributed by atoms with Gasteiger partial charge in [-0.25, -0.2) is 4.68 Å². The van der Waals surface area contributed by atoms with Crippen LogP contribution >= 0.6 is 11.8 Å². The predicted octanol–water partition coefficient (Wildman–Crippen LogP) is 0.310. The summed E-state index contributed by atoms with van der Waals surface area (Å²) in [7, 11) is 0. The minimum absolute atomic E-state index is 0.269. The number of tetrazole rings is 1. The number of hydrogen-bond acceptors (Lipinski definition) is 8. The number of carbonyl (C=O) groups is 1. The summed E-state index contributed by atoms with van der Waals surface area (Å²) < 4.78 is 6.34. The Balaban J connectivity index is 1.61. The van der Waals surface area contributed by atoms with Crippen molar-refractivity contribution >= 4 is 17.7 Å². The van der Waals surface area contributed by atoms with Crippen LogP contribution in [0.25, 0.3) is 0 Å². The summed E-state index contributed by atoms with van der Waals surface area (Å²) in [5, 5.41) is 23.8. The SMILES string of the molecule is O=C(O)Cn1nnnc1SCc1noc(C2CC2)n1. The molecule has 0 aliphatic heterocycles. The Labute approximate surface area is 111 Å². The summed E-state index contributed by atoms with van der Waals surface area (Å²) in [4.78, 5) is 14.9. The molecule has 0 radical (unpaired) electrons. The van der Waals surface area contributed by atoms with E-state index >= 15 is 0 Å². The van der Waals surface area contributed by atoms with Crippen LogP contribution in [0.5, 0.6) is 0 Å². The lowest BCUT2D eigenvalue weighted by Gasteiger charge is -1.98. The normalized spacial score (nSPS) is 14.7. The maximum atomic E-state index is 10.6. The largest absolute Gasteiger partial charge is 0.480 e. The number of hydrogen-bond donors (Lipinski definition) is 1. The molecule has 0 spiro atoms. The standard InChI is InChI=1S/C9H10N6O3S/c16-7(17)3-15-9(11-13-14-15)19-4-6-10-8(18-12-6)5-1-2-5/h5H,1-4H2,(H,16,17). The zero-order valence-corrected chi connectivity index (χ0v) is 10.6. The van der Waals surface area contributed by atoms with E-state index in [1.54, 1.807) is 0 Å². The van der Waals surface area contributed by atoms with Crippen molar-refractivity contribution in [3.63, 3.8) is 0 Å². The maximum Gasteiger partial charge on any atom is 0.325 e. The van der Waals surface area contributed by atoms with Crippen LogP contribution in [-0.4, -0.2) is 41.4 Å². The van der Waals surface area contributed by atoms with E-state index in [0.717, 1.165) is 12.8 Å². The van der Waals surface area contributed by atoms with Crippen molar-refractivity contribution in [2.75, 3.05) is 0 Å². The highest BCUT2D eigenvalue weighted by molar-refractivity contribution is 7.98. The molecule has 19 heavy (non-hydrogen) atoms. The second-order valence-electron chi connectivity index (χ2n) is 4.12. The first-order valence-electron chi connectivity index (χ1n) is 5.65. The third-order valence-corrected chi connectivity index (χ3v) is 3.48. The molecule has 100 valence electrons. The van der Waals surface area contributed by atoms with Crippen LogP contribution in [0.4, 0.5) is 0 Å². The summed E-state index contributed by atoms with van der Waals surface area (Å²) in [5.74, 6) is 1.11. The van der Waals surface area contributed by atoms with E-state index in [-0.39, 0.29) is 6.54 Å². The Bertz CT molecular complexity index is 592. The van der Waals surface area contributed by atoms with Gasteiger partial charge in [0.1, 0.15) is 6.54 Å². The van der Waals surface area contributed by atoms with Crippen LogP contribution in [-0.2, 0) is 17.1 Å². The number of thioether (sulfide) groups is 1. The molecule has 2 aromatic heterocycles. The molecule has 10 heteroatoms. The van der Waals surface area contributed by atoms with Crippen LogP contribution < -0.4 is 0 Å². The van der Waals surface area contributed by atoms with E-state index in [4.69, 9.17) is 9.63 Å². The zero-order chi connectivity index (χ0) is 13.2. The molecule has 1 aliphatic carbocycles. The molecule has 0 aromatic carbocycles. The lowest BCUT2D eigenvalue weighted by Crippen LogP contribution is -2.11. The van der Waals surface area contributed by atoms with Crippen molar-refractivity contribution in [3.8, 4) is 0 Å². The van der Waals surface area contributed by atoms with Crippen LogP contribution in [0.15, 0.2) is 9.68 Å². The minimum Gasteiger partial charge on any atom is -0.480 e.